The van der Waals surface area contributed by atoms with Crippen molar-refractivity contribution >= 4 is 29.6 Å². The molecule has 3 N–H and O–H groups in total. The standard InChI is InChI=1S/C26H26N4O4/c1-18-3-7-20(8-4-18)15-27-25(32)26(33)30-28-16-21-9-13-23(14-10-21)34-17-24(31)29-22-11-5-19(2)6-12-22/h3-14,16H,15,17H2,1-2H3,(H,27,32)(H,29,31)(H,30,33)/b28-16-. The topological polar surface area (TPSA) is 109 Å². The van der Waals surface area contributed by atoms with Crippen molar-refractivity contribution in [1.82, 2.24) is 10.7 Å². The number of hydrogen-bond acceptors (Lipinski definition) is 5. The number of anilines is 1. The summed E-state index contributed by atoms with van der Waals surface area (Å²) in [5, 5.41) is 9.10. The zero-order valence-electron chi connectivity index (χ0n) is 19.0. The van der Waals surface area contributed by atoms with Gasteiger partial charge in [-0.05, 0) is 61.4 Å². The fourth-order valence-corrected chi connectivity index (χ4v) is 2.82. The van der Waals surface area contributed by atoms with Gasteiger partial charge in [-0.2, -0.15) is 5.10 Å². The van der Waals surface area contributed by atoms with Gasteiger partial charge in [0.05, 0.1) is 6.21 Å². The minimum absolute atomic E-state index is 0.130. The second-order valence-electron chi connectivity index (χ2n) is 7.64. The maximum absolute atomic E-state index is 12.0. The Hall–Kier alpha value is -4.46. The van der Waals surface area contributed by atoms with Crippen LogP contribution in [0.5, 0.6) is 5.75 Å². The van der Waals surface area contributed by atoms with Gasteiger partial charge in [0.1, 0.15) is 5.75 Å². The lowest BCUT2D eigenvalue weighted by Crippen LogP contribution is -2.37. The van der Waals surface area contributed by atoms with Crippen LogP contribution in [0.1, 0.15) is 22.3 Å². The largest absolute Gasteiger partial charge is 0.484 e. The lowest BCUT2D eigenvalue weighted by molar-refractivity contribution is -0.139. The zero-order valence-corrected chi connectivity index (χ0v) is 19.0. The fraction of sp³-hybridized carbons (Fsp3) is 0.154. The van der Waals surface area contributed by atoms with E-state index >= 15 is 0 Å². The third-order valence-electron chi connectivity index (χ3n) is 4.74. The van der Waals surface area contributed by atoms with Crippen LogP contribution >= 0.6 is 0 Å². The minimum Gasteiger partial charge on any atom is -0.484 e. The van der Waals surface area contributed by atoms with E-state index in [1.807, 2.05) is 62.4 Å². The third-order valence-corrected chi connectivity index (χ3v) is 4.74. The fourth-order valence-electron chi connectivity index (χ4n) is 2.82. The van der Waals surface area contributed by atoms with Crippen molar-refractivity contribution in [2.24, 2.45) is 5.10 Å². The molecule has 3 aromatic rings. The summed E-state index contributed by atoms with van der Waals surface area (Å²) in [5.74, 6) is -1.39. The Labute approximate surface area is 198 Å². The summed E-state index contributed by atoms with van der Waals surface area (Å²) in [4.78, 5) is 35.8. The summed E-state index contributed by atoms with van der Waals surface area (Å²) in [6.07, 6.45) is 1.40. The summed E-state index contributed by atoms with van der Waals surface area (Å²) in [5.41, 5.74) is 6.69. The number of benzene rings is 3. The summed E-state index contributed by atoms with van der Waals surface area (Å²) in [6, 6.07) is 21.9. The number of hydrogen-bond donors (Lipinski definition) is 3. The van der Waals surface area contributed by atoms with Gasteiger partial charge in [-0.1, -0.05) is 47.5 Å². The SMILES string of the molecule is Cc1ccc(CNC(=O)C(=O)N/N=C\c2ccc(OCC(=O)Nc3ccc(C)cc3)cc2)cc1. The number of nitrogens with one attached hydrogen (secondary N) is 3. The van der Waals surface area contributed by atoms with E-state index in [1.54, 1.807) is 24.3 Å². The Balaban J connectivity index is 1.39. The maximum Gasteiger partial charge on any atom is 0.329 e. The van der Waals surface area contributed by atoms with Crippen LogP contribution in [0.15, 0.2) is 77.9 Å². The number of nitrogens with zero attached hydrogens (tertiary/aromatic N) is 1. The van der Waals surface area contributed by atoms with Crippen LogP contribution < -0.4 is 20.8 Å². The van der Waals surface area contributed by atoms with Crippen LogP contribution in [0.2, 0.25) is 0 Å². The lowest BCUT2D eigenvalue weighted by Gasteiger charge is -2.08. The molecule has 0 fully saturated rings. The molecule has 3 rings (SSSR count). The molecule has 0 aromatic heterocycles. The van der Waals surface area contributed by atoms with Gasteiger partial charge in [0.25, 0.3) is 5.91 Å². The van der Waals surface area contributed by atoms with Crippen molar-refractivity contribution in [3.8, 4) is 5.75 Å². The molecule has 0 saturated heterocycles. The molecule has 0 heterocycles. The van der Waals surface area contributed by atoms with Crippen molar-refractivity contribution in [3.05, 3.63) is 95.1 Å². The van der Waals surface area contributed by atoms with E-state index < -0.39 is 11.8 Å². The molecule has 0 unspecified atom stereocenters. The Morgan fingerprint density at radius 1 is 0.824 bits per heavy atom. The number of carbonyl (C=O) groups is 3. The lowest BCUT2D eigenvalue weighted by atomic mass is 10.1. The highest BCUT2D eigenvalue weighted by molar-refractivity contribution is 6.35. The summed E-state index contributed by atoms with van der Waals surface area (Å²) in [7, 11) is 0. The van der Waals surface area contributed by atoms with Gasteiger partial charge in [-0.15, -0.1) is 0 Å². The molecule has 174 valence electrons. The van der Waals surface area contributed by atoms with E-state index in [0.29, 0.717) is 17.0 Å². The molecule has 3 aromatic carbocycles. The number of aryl methyl sites for hydroxylation is 2. The molecule has 0 aliphatic carbocycles. The molecule has 0 spiro atoms. The number of hydrazone groups is 1. The summed E-state index contributed by atoms with van der Waals surface area (Å²) in [6.45, 7) is 4.07. The van der Waals surface area contributed by atoms with Crippen molar-refractivity contribution in [3.63, 3.8) is 0 Å². The van der Waals surface area contributed by atoms with E-state index in [1.165, 1.54) is 6.21 Å². The first kappa shape index (κ1) is 24.2. The van der Waals surface area contributed by atoms with Gasteiger partial charge in [-0.3, -0.25) is 14.4 Å². The van der Waals surface area contributed by atoms with Gasteiger partial charge < -0.3 is 15.4 Å². The molecule has 34 heavy (non-hydrogen) atoms. The molecule has 0 radical (unpaired) electrons. The van der Waals surface area contributed by atoms with Crippen LogP contribution in [-0.2, 0) is 20.9 Å². The van der Waals surface area contributed by atoms with Gasteiger partial charge >= 0.3 is 11.8 Å². The Morgan fingerprint density at radius 2 is 1.44 bits per heavy atom. The van der Waals surface area contributed by atoms with E-state index in [9.17, 15) is 14.4 Å². The number of carbonyl (C=O) groups excluding carboxylic acids is 3. The van der Waals surface area contributed by atoms with Gasteiger partial charge in [0.2, 0.25) is 0 Å². The van der Waals surface area contributed by atoms with E-state index in [4.69, 9.17) is 4.74 Å². The Morgan fingerprint density at radius 3 is 2.09 bits per heavy atom. The minimum atomic E-state index is -0.858. The number of ether oxygens (including phenoxy) is 1. The van der Waals surface area contributed by atoms with E-state index in [2.05, 4.69) is 21.2 Å². The molecule has 0 atom stereocenters. The molecule has 8 nitrogen and oxygen atoms in total. The smallest absolute Gasteiger partial charge is 0.329 e. The molecule has 0 aliphatic heterocycles. The van der Waals surface area contributed by atoms with Crippen molar-refractivity contribution in [2.45, 2.75) is 20.4 Å². The van der Waals surface area contributed by atoms with Gasteiger partial charge in [0, 0.05) is 12.2 Å². The first-order valence-corrected chi connectivity index (χ1v) is 10.7. The zero-order chi connectivity index (χ0) is 24.3. The second kappa shape index (κ2) is 12.0. The molecule has 0 bridgehead atoms. The number of rotatable bonds is 8. The van der Waals surface area contributed by atoms with Gasteiger partial charge in [-0.25, -0.2) is 5.43 Å². The van der Waals surface area contributed by atoms with Crippen LogP contribution in [0.3, 0.4) is 0 Å². The third kappa shape index (κ3) is 7.90. The quantitative estimate of drug-likeness (QED) is 0.274. The monoisotopic (exact) mass is 458 g/mol. The molecule has 0 saturated carbocycles. The molecule has 8 heteroatoms. The Kier molecular flexibility index (Phi) is 8.51. The molecule has 3 amide bonds. The highest BCUT2D eigenvalue weighted by Crippen LogP contribution is 2.12. The molecular weight excluding hydrogens is 432 g/mol. The van der Waals surface area contributed by atoms with Crippen LogP contribution in [0.25, 0.3) is 0 Å². The highest BCUT2D eigenvalue weighted by Gasteiger charge is 2.11. The number of amides is 3. The highest BCUT2D eigenvalue weighted by atomic mass is 16.5. The first-order chi connectivity index (χ1) is 16.4. The molecular formula is C26H26N4O4. The predicted molar refractivity (Wildman–Crippen MR) is 131 cm³/mol. The summed E-state index contributed by atoms with van der Waals surface area (Å²) >= 11 is 0. The van der Waals surface area contributed by atoms with Gasteiger partial charge in [0.15, 0.2) is 6.61 Å². The van der Waals surface area contributed by atoms with E-state index in [-0.39, 0.29) is 19.1 Å². The van der Waals surface area contributed by atoms with Crippen LogP contribution in [-0.4, -0.2) is 30.5 Å². The van der Waals surface area contributed by atoms with E-state index in [0.717, 1.165) is 16.7 Å². The maximum atomic E-state index is 12.0. The van der Waals surface area contributed by atoms with Crippen molar-refractivity contribution in [2.75, 3.05) is 11.9 Å². The van der Waals surface area contributed by atoms with Crippen LogP contribution in [0.4, 0.5) is 5.69 Å². The summed E-state index contributed by atoms with van der Waals surface area (Å²) < 4.78 is 5.48. The van der Waals surface area contributed by atoms with Crippen molar-refractivity contribution in [1.29, 1.82) is 0 Å². The second-order valence-corrected chi connectivity index (χ2v) is 7.64. The average Bonchev–Trinajstić information content (AvgIpc) is 2.84. The first-order valence-electron chi connectivity index (χ1n) is 10.7. The Bertz CT molecular complexity index is 1150. The average molecular weight is 459 g/mol. The van der Waals surface area contributed by atoms with Crippen molar-refractivity contribution < 1.29 is 19.1 Å². The predicted octanol–water partition coefficient (Wildman–Crippen LogP) is 3.09. The van der Waals surface area contributed by atoms with Crippen LogP contribution in [0, 0.1) is 13.8 Å². The molecule has 0 aliphatic rings. The normalized spacial score (nSPS) is 10.5.